The van der Waals surface area contributed by atoms with Crippen LogP contribution in [0.1, 0.15) is 15.8 Å². The lowest BCUT2D eigenvalue weighted by atomic mass is 10.1. The molecule has 0 radical (unpaired) electrons. The second-order valence-electron chi connectivity index (χ2n) is 3.19. The fourth-order valence-corrected chi connectivity index (χ4v) is 4.16. The molecule has 0 nitrogen and oxygen atoms in total. The Labute approximate surface area is 128 Å². The van der Waals surface area contributed by atoms with Crippen LogP contribution < -0.4 is 0 Å². The van der Waals surface area contributed by atoms with E-state index in [1.54, 1.807) is 11.3 Å². The third-order valence-corrected chi connectivity index (χ3v) is 6.49. The van der Waals surface area contributed by atoms with Gasteiger partial charge in [0.1, 0.15) is 0 Å². The minimum absolute atomic E-state index is 0.106. The minimum Gasteiger partial charge on any atom is -0.130 e. The molecular weight excluding hydrogens is 439 g/mol. The zero-order valence-electron chi connectivity index (χ0n) is 7.88. The van der Waals surface area contributed by atoms with Crippen LogP contribution >= 0.6 is 70.7 Å². The van der Waals surface area contributed by atoms with Gasteiger partial charge in [0, 0.05) is 13.8 Å². The van der Waals surface area contributed by atoms with E-state index in [1.807, 2.05) is 30.3 Å². The Kier molecular flexibility index (Phi) is 4.52. The molecule has 0 aliphatic rings. The molecular formula is C11H6Br3ClS. The maximum absolute atomic E-state index is 6.44. The first-order valence-electron chi connectivity index (χ1n) is 4.42. The molecule has 1 aromatic heterocycles. The predicted molar refractivity (Wildman–Crippen MR) is 81.6 cm³/mol. The summed E-state index contributed by atoms with van der Waals surface area (Å²) >= 11 is 18.5. The number of hydrogen-bond donors (Lipinski definition) is 0. The molecule has 84 valence electrons. The molecule has 0 N–H and O–H groups in total. The molecule has 0 saturated heterocycles. The summed E-state index contributed by atoms with van der Waals surface area (Å²) in [6.07, 6.45) is 0. The van der Waals surface area contributed by atoms with E-state index in [0.717, 1.165) is 23.2 Å². The van der Waals surface area contributed by atoms with Gasteiger partial charge in [-0.05, 0) is 55.6 Å². The van der Waals surface area contributed by atoms with Crippen LogP contribution in [0.25, 0.3) is 0 Å². The van der Waals surface area contributed by atoms with Gasteiger partial charge in [0.25, 0.3) is 0 Å². The highest BCUT2D eigenvalue weighted by molar-refractivity contribution is 9.13. The molecule has 0 fully saturated rings. The van der Waals surface area contributed by atoms with E-state index >= 15 is 0 Å². The van der Waals surface area contributed by atoms with E-state index in [2.05, 4.69) is 47.8 Å². The van der Waals surface area contributed by atoms with Crippen molar-refractivity contribution in [2.75, 3.05) is 0 Å². The van der Waals surface area contributed by atoms with E-state index in [4.69, 9.17) is 11.6 Å². The van der Waals surface area contributed by atoms with Gasteiger partial charge in [-0.2, -0.15) is 0 Å². The molecule has 2 aromatic rings. The van der Waals surface area contributed by atoms with Crippen molar-refractivity contribution in [1.29, 1.82) is 0 Å². The van der Waals surface area contributed by atoms with Crippen LogP contribution in [-0.4, -0.2) is 0 Å². The summed E-state index contributed by atoms with van der Waals surface area (Å²) in [5, 5.41) is -0.106. The molecule has 1 unspecified atom stereocenters. The van der Waals surface area contributed by atoms with Gasteiger partial charge >= 0.3 is 0 Å². The van der Waals surface area contributed by atoms with Crippen molar-refractivity contribution >= 4 is 70.7 Å². The van der Waals surface area contributed by atoms with Crippen molar-refractivity contribution in [3.8, 4) is 0 Å². The van der Waals surface area contributed by atoms with E-state index in [1.165, 1.54) is 0 Å². The van der Waals surface area contributed by atoms with Crippen molar-refractivity contribution in [3.63, 3.8) is 0 Å². The van der Waals surface area contributed by atoms with Crippen molar-refractivity contribution in [2.45, 2.75) is 5.38 Å². The fourth-order valence-electron chi connectivity index (χ4n) is 1.32. The van der Waals surface area contributed by atoms with Crippen LogP contribution in [0, 0.1) is 0 Å². The molecule has 1 aromatic carbocycles. The number of alkyl halides is 1. The second kappa shape index (κ2) is 5.53. The third-order valence-electron chi connectivity index (χ3n) is 2.06. The maximum Gasteiger partial charge on any atom is 0.0929 e. The lowest BCUT2D eigenvalue weighted by Gasteiger charge is -2.07. The molecule has 0 saturated carbocycles. The van der Waals surface area contributed by atoms with E-state index in [0.29, 0.717) is 0 Å². The van der Waals surface area contributed by atoms with Gasteiger partial charge in [0.15, 0.2) is 0 Å². The summed E-state index contributed by atoms with van der Waals surface area (Å²) in [6, 6.07) is 10.1. The zero-order chi connectivity index (χ0) is 11.7. The molecule has 1 atom stereocenters. The van der Waals surface area contributed by atoms with Gasteiger partial charge in [0.05, 0.1) is 9.16 Å². The van der Waals surface area contributed by atoms with Crippen LogP contribution in [-0.2, 0) is 0 Å². The summed E-state index contributed by atoms with van der Waals surface area (Å²) < 4.78 is 3.17. The average molecular weight is 445 g/mol. The highest BCUT2D eigenvalue weighted by Gasteiger charge is 2.15. The first-order valence-corrected chi connectivity index (χ1v) is 8.05. The van der Waals surface area contributed by atoms with Gasteiger partial charge in [-0.25, -0.2) is 0 Å². The largest absolute Gasteiger partial charge is 0.130 e. The second-order valence-corrected chi connectivity index (χ2v) is 7.80. The Morgan fingerprint density at radius 2 is 1.88 bits per heavy atom. The standard InChI is InChI=1S/C11H6Br3ClS/c12-7-3-1-2-6(4-7)10(15)9-5-8(13)11(14)16-9/h1-5,10H. The maximum atomic E-state index is 6.44. The van der Waals surface area contributed by atoms with Gasteiger partial charge in [-0.3, -0.25) is 0 Å². The molecule has 5 heteroatoms. The van der Waals surface area contributed by atoms with Crippen LogP contribution in [0.15, 0.2) is 43.1 Å². The predicted octanol–water partition coefficient (Wildman–Crippen LogP) is 6.36. The molecule has 0 aliphatic carbocycles. The van der Waals surface area contributed by atoms with E-state index in [9.17, 15) is 0 Å². The van der Waals surface area contributed by atoms with Gasteiger partial charge in [0.2, 0.25) is 0 Å². The highest BCUT2D eigenvalue weighted by Crippen LogP contribution is 2.40. The summed E-state index contributed by atoms with van der Waals surface area (Å²) in [7, 11) is 0. The Morgan fingerprint density at radius 3 is 2.44 bits per heavy atom. The lowest BCUT2D eigenvalue weighted by Crippen LogP contribution is -1.89. The number of thiophene rings is 1. The molecule has 1 heterocycles. The van der Waals surface area contributed by atoms with Crippen molar-refractivity contribution in [1.82, 2.24) is 0 Å². The highest BCUT2D eigenvalue weighted by atomic mass is 79.9. The summed E-state index contributed by atoms with van der Waals surface area (Å²) in [5.74, 6) is 0. The number of benzene rings is 1. The molecule has 16 heavy (non-hydrogen) atoms. The minimum atomic E-state index is -0.106. The Hall–Kier alpha value is 0.650. The Bertz CT molecular complexity index is 490. The summed E-state index contributed by atoms with van der Waals surface area (Å²) in [6.45, 7) is 0. The van der Waals surface area contributed by atoms with Gasteiger partial charge in [-0.1, -0.05) is 28.1 Å². The third kappa shape index (κ3) is 2.91. The van der Waals surface area contributed by atoms with Gasteiger partial charge < -0.3 is 0 Å². The molecule has 0 aliphatic heterocycles. The first kappa shape index (κ1) is 13.1. The number of halogens is 4. The van der Waals surface area contributed by atoms with Crippen LogP contribution in [0.2, 0.25) is 0 Å². The monoisotopic (exact) mass is 442 g/mol. The van der Waals surface area contributed by atoms with Crippen LogP contribution in [0.4, 0.5) is 0 Å². The van der Waals surface area contributed by atoms with Crippen LogP contribution in [0.5, 0.6) is 0 Å². The number of rotatable bonds is 2. The van der Waals surface area contributed by atoms with Crippen LogP contribution in [0.3, 0.4) is 0 Å². The molecule has 0 amide bonds. The Balaban J connectivity index is 2.35. The van der Waals surface area contributed by atoms with Crippen molar-refractivity contribution in [2.24, 2.45) is 0 Å². The summed E-state index contributed by atoms with van der Waals surface area (Å²) in [4.78, 5) is 1.12. The molecule has 2 rings (SSSR count). The van der Waals surface area contributed by atoms with Crippen molar-refractivity contribution in [3.05, 3.63) is 53.5 Å². The Morgan fingerprint density at radius 1 is 1.12 bits per heavy atom. The molecule has 0 bridgehead atoms. The van der Waals surface area contributed by atoms with Gasteiger partial charge in [-0.15, -0.1) is 22.9 Å². The van der Waals surface area contributed by atoms with E-state index < -0.39 is 0 Å². The smallest absolute Gasteiger partial charge is 0.0929 e. The topological polar surface area (TPSA) is 0 Å². The lowest BCUT2D eigenvalue weighted by molar-refractivity contribution is 1.18. The molecule has 0 spiro atoms. The quantitative estimate of drug-likeness (QED) is 0.472. The normalized spacial score (nSPS) is 12.8. The first-order chi connectivity index (χ1) is 7.58. The number of hydrogen-bond acceptors (Lipinski definition) is 1. The van der Waals surface area contributed by atoms with E-state index in [-0.39, 0.29) is 5.38 Å². The van der Waals surface area contributed by atoms with Crippen molar-refractivity contribution < 1.29 is 0 Å². The zero-order valence-corrected chi connectivity index (χ0v) is 14.2. The average Bonchev–Trinajstić information content (AvgIpc) is 2.58. The fraction of sp³-hybridized carbons (Fsp3) is 0.0909. The SMILES string of the molecule is ClC(c1cccc(Br)c1)c1cc(Br)c(Br)s1. The summed E-state index contributed by atoms with van der Waals surface area (Å²) in [5.41, 5.74) is 1.09.